The minimum absolute atomic E-state index is 0.0378. The van der Waals surface area contributed by atoms with Gasteiger partial charge >= 0.3 is 0 Å². The van der Waals surface area contributed by atoms with Crippen molar-refractivity contribution in [1.82, 2.24) is 4.90 Å². The zero-order valence-corrected chi connectivity index (χ0v) is 14.3. The van der Waals surface area contributed by atoms with Crippen molar-refractivity contribution in [1.29, 1.82) is 0 Å². The summed E-state index contributed by atoms with van der Waals surface area (Å²) in [6.45, 7) is 0.0316. The van der Waals surface area contributed by atoms with Crippen LogP contribution in [0.2, 0.25) is 0 Å². The van der Waals surface area contributed by atoms with Gasteiger partial charge in [0.05, 0.1) is 37.7 Å². The second-order valence-corrected chi connectivity index (χ2v) is 5.86. The largest absolute Gasteiger partial charge is 0.503 e. The molecule has 1 aromatic heterocycles. The number of furan rings is 1. The van der Waals surface area contributed by atoms with E-state index in [1.54, 1.807) is 6.07 Å². The predicted molar refractivity (Wildman–Crippen MR) is 91.5 cm³/mol. The third kappa shape index (κ3) is 3.76. The summed E-state index contributed by atoms with van der Waals surface area (Å²) >= 11 is 0. The van der Waals surface area contributed by atoms with Gasteiger partial charge in [0, 0.05) is 6.54 Å². The van der Waals surface area contributed by atoms with E-state index in [1.807, 2.05) is 0 Å². The quantitative estimate of drug-likeness (QED) is 0.541. The number of carbonyl (C=O) groups is 2. The molecule has 7 nitrogen and oxygen atoms in total. The molecule has 3 rings (SSSR count). The number of aliphatic hydroxyl groups excluding tert-OH is 2. The minimum Gasteiger partial charge on any atom is -0.503 e. The Balaban J connectivity index is 1.98. The first kappa shape index (κ1) is 18.8. The van der Waals surface area contributed by atoms with Crippen molar-refractivity contribution in [2.45, 2.75) is 6.04 Å². The maximum Gasteiger partial charge on any atom is 0.290 e. The van der Waals surface area contributed by atoms with Crippen LogP contribution in [0.4, 0.5) is 4.39 Å². The molecule has 0 aliphatic carbocycles. The number of carbonyl (C=O) groups excluding carboxylic acids is 2. The summed E-state index contributed by atoms with van der Waals surface area (Å²) in [6, 6.07) is 7.42. The van der Waals surface area contributed by atoms with Gasteiger partial charge in [-0.1, -0.05) is 12.1 Å². The molecule has 8 heteroatoms. The fourth-order valence-electron chi connectivity index (χ4n) is 3.01. The third-order valence-corrected chi connectivity index (χ3v) is 4.17. The normalized spacial score (nSPS) is 17.0. The van der Waals surface area contributed by atoms with Gasteiger partial charge in [0.15, 0.2) is 11.5 Å². The van der Waals surface area contributed by atoms with Gasteiger partial charge < -0.3 is 24.3 Å². The summed E-state index contributed by atoms with van der Waals surface area (Å²) in [7, 11) is 0. The molecule has 1 amide bonds. The molecular formula is C19H18FNO6. The smallest absolute Gasteiger partial charge is 0.290 e. The Morgan fingerprint density at radius 1 is 1.26 bits per heavy atom. The molecular weight excluding hydrogens is 357 g/mol. The third-order valence-electron chi connectivity index (χ3n) is 4.17. The van der Waals surface area contributed by atoms with E-state index in [0.717, 1.165) is 0 Å². The number of ether oxygens (including phenoxy) is 1. The van der Waals surface area contributed by atoms with Gasteiger partial charge in [0.25, 0.3) is 5.91 Å². The molecule has 1 atom stereocenters. The van der Waals surface area contributed by atoms with E-state index >= 15 is 0 Å². The molecule has 2 heterocycles. The van der Waals surface area contributed by atoms with Gasteiger partial charge in [0.2, 0.25) is 5.78 Å². The van der Waals surface area contributed by atoms with Crippen LogP contribution in [0.5, 0.6) is 0 Å². The van der Waals surface area contributed by atoms with Crippen LogP contribution in [0.15, 0.2) is 58.4 Å². The molecule has 1 aliphatic heterocycles. The number of hydrogen-bond donors (Lipinski definition) is 2. The Morgan fingerprint density at radius 3 is 2.74 bits per heavy atom. The highest BCUT2D eigenvalue weighted by Crippen LogP contribution is 2.38. The summed E-state index contributed by atoms with van der Waals surface area (Å²) in [5, 5.41) is 19.1. The van der Waals surface area contributed by atoms with Gasteiger partial charge in [-0.3, -0.25) is 9.59 Å². The second kappa shape index (κ2) is 8.15. The zero-order chi connectivity index (χ0) is 19.4. The van der Waals surface area contributed by atoms with E-state index in [4.69, 9.17) is 14.3 Å². The standard InChI is InChI=1S/C19H18FNO6/c20-13-4-1-3-12(11-13)16-15(17(23)14-5-2-8-27-14)18(24)19(25)21(16)6-9-26-10-7-22/h1-5,8,11,16,22,24H,6-7,9-10H2. The van der Waals surface area contributed by atoms with E-state index < -0.39 is 29.3 Å². The number of aliphatic hydroxyl groups is 2. The Bertz CT molecular complexity index is 861. The van der Waals surface area contributed by atoms with Crippen LogP contribution < -0.4 is 0 Å². The Morgan fingerprint density at radius 2 is 2.07 bits per heavy atom. The topological polar surface area (TPSA) is 100 Å². The van der Waals surface area contributed by atoms with Gasteiger partial charge in [-0.15, -0.1) is 0 Å². The Labute approximate surface area is 154 Å². The van der Waals surface area contributed by atoms with E-state index in [1.165, 1.54) is 41.5 Å². The minimum atomic E-state index is -0.983. The molecule has 1 unspecified atom stereocenters. The van der Waals surface area contributed by atoms with E-state index in [9.17, 15) is 19.1 Å². The first-order valence-corrected chi connectivity index (χ1v) is 8.31. The number of nitrogens with zero attached hydrogens (tertiary/aromatic N) is 1. The molecule has 0 saturated heterocycles. The van der Waals surface area contributed by atoms with E-state index in [2.05, 4.69) is 0 Å². The lowest BCUT2D eigenvalue weighted by atomic mass is 9.95. The molecule has 142 valence electrons. The first-order valence-electron chi connectivity index (χ1n) is 8.31. The monoisotopic (exact) mass is 375 g/mol. The first-order chi connectivity index (χ1) is 13.0. The predicted octanol–water partition coefficient (Wildman–Crippen LogP) is 2.01. The molecule has 1 aliphatic rings. The van der Waals surface area contributed by atoms with Crippen molar-refractivity contribution in [3.63, 3.8) is 0 Å². The average molecular weight is 375 g/mol. The van der Waals surface area contributed by atoms with Crippen molar-refractivity contribution >= 4 is 11.7 Å². The summed E-state index contributed by atoms with van der Waals surface area (Å²) in [6.07, 6.45) is 1.30. The van der Waals surface area contributed by atoms with Gasteiger partial charge in [-0.2, -0.15) is 0 Å². The molecule has 0 bridgehead atoms. The molecule has 0 fully saturated rings. The molecule has 0 spiro atoms. The van der Waals surface area contributed by atoms with Crippen LogP contribution in [0.3, 0.4) is 0 Å². The van der Waals surface area contributed by atoms with Gasteiger partial charge in [-0.05, 0) is 29.8 Å². The number of benzene rings is 1. The van der Waals surface area contributed by atoms with Gasteiger partial charge in [-0.25, -0.2) is 4.39 Å². The highest BCUT2D eigenvalue weighted by atomic mass is 19.1. The summed E-state index contributed by atoms with van der Waals surface area (Å²) < 4.78 is 24.0. The molecule has 0 radical (unpaired) electrons. The molecule has 27 heavy (non-hydrogen) atoms. The van der Waals surface area contributed by atoms with Crippen molar-refractivity contribution in [2.75, 3.05) is 26.4 Å². The highest BCUT2D eigenvalue weighted by Gasteiger charge is 2.44. The number of rotatable bonds is 8. The molecule has 2 N–H and O–H groups in total. The average Bonchev–Trinajstić information content (AvgIpc) is 3.27. The second-order valence-electron chi connectivity index (χ2n) is 5.86. The molecule has 2 aromatic rings. The van der Waals surface area contributed by atoms with Crippen LogP contribution >= 0.6 is 0 Å². The van der Waals surface area contributed by atoms with Crippen LogP contribution in [0.25, 0.3) is 0 Å². The van der Waals surface area contributed by atoms with Crippen molar-refractivity contribution < 1.29 is 33.3 Å². The highest BCUT2D eigenvalue weighted by molar-refractivity contribution is 6.14. The number of Topliss-reactive ketones (excluding diaryl/α,β-unsaturated/α-hetero) is 1. The van der Waals surface area contributed by atoms with Gasteiger partial charge in [0.1, 0.15) is 5.82 Å². The molecule has 1 aromatic carbocycles. The molecule has 0 saturated carbocycles. The lowest BCUT2D eigenvalue weighted by Gasteiger charge is -2.26. The lowest BCUT2D eigenvalue weighted by Crippen LogP contribution is -2.34. The van der Waals surface area contributed by atoms with Crippen molar-refractivity contribution in [3.8, 4) is 0 Å². The zero-order valence-electron chi connectivity index (χ0n) is 14.3. The lowest BCUT2D eigenvalue weighted by molar-refractivity contribution is -0.130. The summed E-state index contributed by atoms with van der Waals surface area (Å²) in [5.41, 5.74) is 0.159. The van der Waals surface area contributed by atoms with E-state index in [-0.39, 0.29) is 37.7 Å². The Kier molecular flexibility index (Phi) is 5.68. The van der Waals surface area contributed by atoms with Crippen LogP contribution in [0, 0.1) is 5.82 Å². The fraction of sp³-hybridized carbons (Fsp3) is 0.263. The number of hydrogen-bond acceptors (Lipinski definition) is 6. The summed E-state index contributed by atoms with van der Waals surface area (Å²) in [4.78, 5) is 26.6. The van der Waals surface area contributed by atoms with Crippen molar-refractivity contribution in [3.05, 3.63) is 71.1 Å². The number of ketones is 1. The maximum atomic E-state index is 13.8. The fourth-order valence-corrected chi connectivity index (χ4v) is 3.01. The number of halogens is 1. The van der Waals surface area contributed by atoms with E-state index in [0.29, 0.717) is 5.56 Å². The van der Waals surface area contributed by atoms with Crippen molar-refractivity contribution in [2.24, 2.45) is 0 Å². The maximum absolute atomic E-state index is 13.8. The SMILES string of the molecule is O=C(C1=C(O)C(=O)N(CCOCCO)C1c1cccc(F)c1)c1ccco1. The number of amides is 1. The van der Waals surface area contributed by atoms with Crippen LogP contribution in [-0.4, -0.2) is 53.2 Å². The van der Waals surface area contributed by atoms with Crippen LogP contribution in [0.1, 0.15) is 22.2 Å². The van der Waals surface area contributed by atoms with Crippen LogP contribution in [-0.2, 0) is 9.53 Å². The summed E-state index contributed by atoms with van der Waals surface area (Å²) in [5.74, 6) is -2.68. The Hall–Kier alpha value is -2.97.